The van der Waals surface area contributed by atoms with E-state index in [2.05, 4.69) is 11.9 Å². The summed E-state index contributed by atoms with van der Waals surface area (Å²) in [6.45, 7) is 8.69. The van der Waals surface area contributed by atoms with Crippen molar-refractivity contribution in [2.75, 3.05) is 13.1 Å². The van der Waals surface area contributed by atoms with Crippen LogP contribution in [-0.4, -0.2) is 41.1 Å². The molecule has 0 fully saturated rings. The molecule has 0 heterocycles. The lowest BCUT2D eigenvalue weighted by atomic mass is 10.1. The number of carbonyl (C=O) groups is 2. The number of nitrogens with zero attached hydrogens (tertiary/aromatic N) is 1. The molecule has 0 saturated carbocycles. The molecule has 0 aromatic rings. The maximum absolute atomic E-state index is 12.0. The average Bonchev–Trinajstić information content (AvgIpc) is 2.28. The SMILES string of the molecule is C=CCN(CCC)C(=O)NC(CCC)CC(=O)O. The van der Waals surface area contributed by atoms with E-state index in [4.69, 9.17) is 5.11 Å². The first kappa shape index (κ1) is 16.5. The number of hydrogen-bond donors (Lipinski definition) is 2. The molecule has 0 aliphatic heterocycles. The van der Waals surface area contributed by atoms with Gasteiger partial charge in [-0.15, -0.1) is 6.58 Å². The highest BCUT2D eigenvalue weighted by Crippen LogP contribution is 2.04. The van der Waals surface area contributed by atoms with E-state index in [1.807, 2.05) is 13.8 Å². The number of carbonyl (C=O) groups excluding carboxylic acids is 1. The average molecular weight is 256 g/mol. The van der Waals surface area contributed by atoms with E-state index < -0.39 is 5.97 Å². The van der Waals surface area contributed by atoms with Crippen LogP contribution in [0.1, 0.15) is 39.5 Å². The van der Waals surface area contributed by atoms with E-state index in [0.717, 1.165) is 12.8 Å². The van der Waals surface area contributed by atoms with Gasteiger partial charge in [0, 0.05) is 19.1 Å². The number of rotatable bonds is 9. The van der Waals surface area contributed by atoms with Crippen molar-refractivity contribution < 1.29 is 14.7 Å². The van der Waals surface area contributed by atoms with E-state index in [1.165, 1.54) is 0 Å². The summed E-state index contributed by atoms with van der Waals surface area (Å²) in [6, 6.07) is -0.513. The highest BCUT2D eigenvalue weighted by Gasteiger charge is 2.18. The molecular formula is C13H24N2O3. The number of aliphatic carboxylic acids is 1. The van der Waals surface area contributed by atoms with E-state index >= 15 is 0 Å². The molecule has 5 nitrogen and oxygen atoms in total. The fourth-order valence-electron chi connectivity index (χ4n) is 1.75. The van der Waals surface area contributed by atoms with Gasteiger partial charge >= 0.3 is 12.0 Å². The lowest BCUT2D eigenvalue weighted by Gasteiger charge is -2.24. The second-order valence-corrected chi connectivity index (χ2v) is 4.27. The van der Waals surface area contributed by atoms with Gasteiger partial charge in [-0.2, -0.15) is 0 Å². The Morgan fingerprint density at radius 2 is 2.06 bits per heavy atom. The Morgan fingerprint density at radius 3 is 2.50 bits per heavy atom. The lowest BCUT2D eigenvalue weighted by Crippen LogP contribution is -2.45. The summed E-state index contributed by atoms with van der Waals surface area (Å²) < 4.78 is 0. The molecule has 2 N–H and O–H groups in total. The van der Waals surface area contributed by atoms with Crippen LogP contribution in [0, 0.1) is 0 Å². The van der Waals surface area contributed by atoms with Crippen molar-refractivity contribution in [3.63, 3.8) is 0 Å². The second-order valence-electron chi connectivity index (χ2n) is 4.27. The minimum atomic E-state index is -0.889. The predicted octanol–water partition coefficient (Wildman–Crippen LogP) is 2.24. The molecule has 0 bridgehead atoms. The molecule has 0 aromatic carbocycles. The molecule has 1 atom stereocenters. The summed E-state index contributed by atoms with van der Waals surface area (Å²) in [5.74, 6) is -0.889. The topological polar surface area (TPSA) is 69.6 Å². The van der Waals surface area contributed by atoms with Gasteiger partial charge in [-0.1, -0.05) is 26.3 Å². The molecule has 2 amide bonds. The van der Waals surface area contributed by atoms with Gasteiger partial charge < -0.3 is 15.3 Å². The Balaban J connectivity index is 4.43. The van der Waals surface area contributed by atoms with E-state index in [1.54, 1.807) is 11.0 Å². The minimum Gasteiger partial charge on any atom is -0.481 e. The van der Waals surface area contributed by atoms with Crippen LogP contribution in [-0.2, 0) is 4.79 Å². The Bertz CT molecular complexity index is 279. The summed E-state index contributed by atoms with van der Waals surface area (Å²) in [5, 5.41) is 11.6. The highest BCUT2D eigenvalue weighted by molar-refractivity contribution is 5.76. The monoisotopic (exact) mass is 256 g/mol. The zero-order chi connectivity index (χ0) is 14.0. The quantitative estimate of drug-likeness (QED) is 0.621. The van der Waals surface area contributed by atoms with Crippen LogP contribution < -0.4 is 5.32 Å². The summed E-state index contributed by atoms with van der Waals surface area (Å²) >= 11 is 0. The zero-order valence-electron chi connectivity index (χ0n) is 11.3. The molecule has 0 spiro atoms. The summed E-state index contributed by atoms with van der Waals surface area (Å²) in [5.41, 5.74) is 0. The number of amides is 2. The molecule has 0 radical (unpaired) electrons. The maximum atomic E-state index is 12.0. The van der Waals surface area contributed by atoms with Crippen LogP contribution in [0.3, 0.4) is 0 Å². The molecule has 18 heavy (non-hydrogen) atoms. The van der Waals surface area contributed by atoms with Crippen molar-refractivity contribution in [1.29, 1.82) is 0 Å². The second kappa shape index (κ2) is 9.50. The van der Waals surface area contributed by atoms with Crippen molar-refractivity contribution in [2.24, 2.45) is 0 Å². The van der Waals surface area contributed by atoms with Crippen molar-refractivity contribution >= 4 is 12.0 Å². The molecular weight excluding hydrogens is 232 g/mol. The third-order valence-electron chi connectivity index (χ3n) is 2.52. The molecule has 5 heteroatoms. The number of carboxylic acid groups (broad SMARTS) is 1. The lowest BCUT2D eigenvalue weighted by molar-refractivity contribution is -0.137. The van der Waals surface area contributed by atoms with Gasteiger partial charge in [0.05, 0.1) is 6.42 Å². The van der Waals surface area contributed by atoms with Crippen LogP contribution in [0.4, 0.5) is 4.79 Å². The maximum Gasteiger partial charge on any atom is 0.317 e. The normalized spacial score (nSPS) is 11.7. The smallest absolute Gasteiger partial charge is 0.317 e. The van der Waals surface area contributed by atoms with Crippen molar-refractivity contribution in [3.8, 4) is 0 Å². The number of urea groups is 1. The first-order valence-corrected chi connectivity index (χ1v) is 6.43. The van der Waals surface area contributed by atoms with Gasteiger partial charge in [0.2, 0.25) is 0 Å². The standard InChI is InChI=1S/C13H24N2O3/c1-4-7-11(10-12(16)17)14-13(18)15(8-5-2)9-6-3/h5,11H,2,4,6-10H2,1,3H3,(H,14,18)(H,16,17). The molecule has 0 aromatic heterocycles. The third kappa shape index (κ3) is 6.93. The number of hydrogen-bond acceptors (Lipinski definition) is 2. The summed E-state index contributed by atoms with van der Waals surface area (Å²) in [6.07, 6.45) is 4.01. The Morgan fingerprint density at radius 1 is 1.39 bits per heavy atom. The van der Waals surface area contributed by atoms with E-state index in [-0.39, 0.29) is 18.5 Å². The van der Waals surface area contributed by atoms with Crippen LogP contribution in [0.5, 0.6) is 0 Å². The highest BCUT2D eigenvalue weighted by atomic mass is 16.4. The van der Waals surface area contributed by atoms with Gasteiger partial charge in [0.15, 0.2) is 0 Å². The minimum absolute atomic E-state index is 0.0341. The molecule has 104 valence electrons. The van der Waals surface area contributed by atoms with Gasteiger partial charge in [-0.25, -0.2) is 4.79 Å². The van der Waals surface area contributed by atoms with E-state index in [0.29, 0.717) is 19.5 Å². The molecule has 0 aliphatic carbocycles. The third-order valence-corrected chi connectivity index (χ3v) is 2.52. The van der Waals surface area contributed by atoms with Crippen LogP contribution >= 0.6 is 0 Å². The first-order valence-electron chi connectivity index (χ1n) is 6.43. The molecule has 1 unspecified atom stereocenters. The van der Waals surface area contributed by atoms with Gasteiger partial charge in [-0.3, -0.25) is 4.79 Å². The van der Waals surface area contributed by atoms with Gasteiger partial charge in [0.1, 0.15) is 0 Å². The van der Waals surface area contributed by atoms with E-state index in [9.17, 15) is 9.59 Å². The fraction of sp³-hybridized carbons (Fsp3) is 0.692. The predicted molar refractivity (Wildman–Crippen MR) is 71.5 cm³/mol. The molecule has 0 rings (SSSR count). The zero-order valence-corrected chi connectivity index (χ0v) is 11.3. The number of carboxylic acids is 1. The molecule has 0 saturated heterocycles. The number of nitrogens with one attached hydrogen (secondary N) is 1. The largest absolute Gasteiger partial charge is 0.481 e. The van der Waals surface area contributed by atoms with Crippen molar-refractivity contribution in [2.45, 2.75) is 45.6 Å². The van der Waals surface area contributed by atoms with Crippen molar-refractivity contribution in [3.05, 3.63) is 12.7 Å². The fourth-order valence-corrected chi connectivity index (χ4v) is 1.75. The van der Waals surface area contributed by atoms with Crippen molar-refractivity contribution in [1.82, 2.24) is 10.2 Å². The summed E-state index contributed by atoms with van der Waals surface area (Å²) in [4.78, 5) is 24.3. The van der Waals surface area contributed by atoms with Crippen LogP contribution in [0.15, 0.2) is 12.7 Å². The van der Waals surface area contributed by atoms with Gasteiger partial charge in [-0.05, 0) is 12.8 Å². The van der Waals surface area contributed by atoms with Gasteiger partial charge in [0.25, 0.3) is 0 Å². The van der Waals surface area contributed by atoms with Crippen LogP contribution in [0.2, 0.25) is 0 Å². The summed E-state index contributed by atoms with van der Waals surface area (Å²) in [7, 11) is 0. The Kier molecular flexibility index (Phi) is 8.70. The first-order chi connectivity index (χ1) is 8.54. The molecule has 0 aliphatic rings. The Hall–Kier alpha value is -1.52. The van der Waals surface area contributed by atoms with Crippen LogP contribution in [0.25, 0.3) is 0 Å². The Labute approximate surface area is 109 Å².